The molecule has 0 bridgehead atoms. The fraction of sp³-hybridized carbons (Fsp3) is 0.0526. The molecule has 2 aromatic heterocycles. The van der Waals surface area contributed by atoms with Gasteiger partial charge < -0.3 is 9.13 Å². The molecule has 0 aliphatic carbocycles. The van der Waals surface area contributed by atoms with Crippen molar-refractivity contribution in [1.82, 2.24) is 9.13 Å². The van der Waals surface area contributed by atoms with Crippen LogP contribution in [0, 0.1) is 0 Å². The number of aryl methyl sites for hydroxylation is 2. The van der Waals surface area contributed by atoms with Gasteiger partial charge in [0, 0.05) is 67.5 Å². The summed E-state index contributed by atoms with van der Waals surface area (Å²) in [6, 6.07) is 61.9. The molecule has 0 spiro atoms. The van der Waals surface area contributed by atoms with Gasteiger partial charge in [-0.3, -0.25) is 38.4 Å². The lowest BCUT2D eigenvalue weighted by Gasteiger charge is -2.22. The Kier molecular flexibility index (Phi) is 10.3. The number of amides is 8. The SMILES string of the molecule is CCn1c2ccccc2c2cc(N3C(=O)c4ccc(-c5cccc6c5C(=O)N(c5ccc7ccc8c(N9C(=O)c%10cccc(-c%11ccc%12c(c%11)C(=O)N(c%11ccc%13c(c%11)c%11ccccc%11n%13CC)C%12=O)c%10C9=O)ccc9ccc5c7c98)C6=O)cc4C3=O)ccc21. The number of carbonyl (C=O) groups is 8. The molecule has 0 atom stereocenters. The first-order valence-corrected chi connectivity index (χ1v) is 29.7. The number of hydrogen-bond acceptors (Lipinski definition) is 8. The third kappa shape index (κ3) is 6.59. The zero-order chi connectivity index (χ0) is 60.9. The number of rotatable bonds is 8. The maximum Gasteiger partial charge on any atom is 0.266 e. The van der Waals surface area contributed by atoms with E-state index in [1.165, 1.54) is 19.6 Å². The van der Waals surface area contributed by atoms with E-state index in [9.17, 15) is 28.8 Å². The number of imide groups is 4. The number of anilines is 4. The Morgan fingerprint density at radius 2 is 0.644 bits per heavy atom. The maximum atomic E-state index is 15.1. The molecule has 14 nitrogen and oxygen atoms in total. The van der Waals surface area contributed by atoms with Gasteiger partial charge in [0.1, 0.15) is 0 Å². The Labute approximate surface area is 510 Å². The van der Waals surface area contributed by atoms with Crippen molar-refractivity contribution in [3.05, 3.63) is 251 Å². The minimum atomic E-state index is -0.571. The summed E-state index contributed by atoms with van der Waals surface area (Å²) in [4.78, 5) is 122. The van der Waals surface area contributed by atoms with Crippen molar-refractivity contribution >= 4 is 146 Å². The van der Waals surface area contributed by atoms with Gasteiger partial charge in [0.15, 0.2) is 0 Å². The number of benzene rings is 12. The lowest BCUT2D eigenvalue weighted by molar-refractivity contribution is 0.0910. The fourth-order valence-corrected chi connectivity index (χ4v) is 15.0. The highest BCUT2D eigenvalue weighted by molar-refractivity contribution is 6.42. The highest BCUT2D eigenvalue weighted by Crippen LogP contribution is 2.48. The highest BCUT2D eigenvalue weighted by atomic mass is 16.2. The van der Waals surface area contributed by atoms with Crippen molar-refractivity contribution < 1.29 is 38.4 Å². The summed E-state index contributed by atoms with van der Waals surface area (Å²) in [6.07, 6.45) is 0. The van der Waals surface area contributed by atoms with Gasteiger partial charge >= 0.3 is 0 Å². The molecule has 4 aliphatic heterocycles. The van der Waals surface area contributed by atoms with E-state index in [-0.39, 0.29) is 44.5 Å². The second-order valence-corrected chi connectivity index (χ2v) is 23.3. The molecule has 18 rings (SSSR count). The molecule has 0 unspecified atom stereocenters. The van der Waals surface area contributed by atoms with Crippen LogP contribution in [0.4, 0.5) is 22.7 Å². The predicted octanol–water partition coefficient (Wildman–Crippen LogP) is 15.4. The van der Waals surface area contributed by atoms with Gasteiger partial charge in [0.25, 0.3) is 47.3 Å². The van der Waals surface area contributed by atoms with Gasteiger partial charge in [0.05, 0.1) is 67.3 Å². The van der Waals surface area contributed by atoms with Crippen molar-refractivity contribution in [1.29, 1.82) is 0 Å². The zero-order valence-corrected chi connectivity index (χ0v) is 48.0. The summed E-state index contributed by atoms with van der Waals surface area (Å²) in [5, 5.41) is 8.02. The molecule has 0 fully saturated rings. The summed E-state index contributed by atoms with van der Waals surface area (Å²) in [5.41, 5.74) is 8.88. The predicted molar refractivity (Wildman–Crippen MR) is 349 cm³/mol. The molecule has 426 valence electrons. The number of fused-ring (bicyclic) bond motifs is 10. The van der Waals surface area contributed by atoms with Crippen LogP contribution in [0.5, 0.6) is 0 Å². The van der Waals surface area contributed by atoms with E-state index in [1.54, 1.807) is 97.1 Å². The summed E-state index contributed by atoms with van der Waals surface area (Å²) in [6.45, 7) is 5.63. The normalized spacial score (nSPS) is 14.7. The molecule has 0 saturated heterocycles. The topological polar surface area (TPSA) is 159 Å². The summed E-state index contributed by atoms with van der Waals surface area (Å²) < 4.78 is 4.40. The standard InChI is InChI=1S/C76H44N6O8/c1-3-77-59-17-7-5-11-47(59)55-37-43(25-33-61(55)77)79-69(83)49-27-21-41(35-57(49)73(79)87)45-13-9-15-53-67(45)75(89)81(71(53)85)63-31-23-39-20-30-52-64(32-24-40-19-29-51(63)65(39)66(40)52)82-72(86)54-16-10-14-46(68(54)76(82)90)42-22-28-50-58(36-42)74(88)80(70(50)84)44-26-34-62-56(38-44)48-12-6-8-18-60(48)78(62)4-2/h5-38H,3-4H2,1-2H3. The zero-order valence-electron chi connectivity index (χ0n) is 48.0. The second-order valence-electron chi connectivity index (χ2n) is 23.3. The molecule has 14 heteroatoms. The van der Waals surface area contributed by atoms with Gasteiger partial charge in [-0.2, -0.15) is 0 Å². The molecule has 90 heavy (non-hydrogen) atoms. The highest BCUT2D eigenvalue weighted by Gasteiger charge is 2.44. The number of hydrogen-bond donors (Lipinski definition) is 0. The van der Waals surface area contributed by atoms with Crippen molar-refractivity contribution in [2.75, 3.05) is 19.6 Å². The van der Waals surface area contributed by atoms with Crippen LogP contribution in [0.3, 0.4) is 0 Å². The van der Waals surface area contributed by atoms with Crippen LogP contribution in [0.15, 0.2) is 206 Å². The largest absolute Gasteiger partial charge is 0.341 e. The van der Waals surface area contributed by atoms with E-state index in [0.29, 0.717) is 66.5 Å². The average molecular weight is 1170 g/mol. The van der Waals surface area contributed by atoms with Crippen LogP contribution in [0.1, 0.15) is 96.7 Å². The summed E-state index contributed by atoms with van der Waals surface area (Å²) >= 11 is 0. The Balaban J connectivity index is 0.665. The Morgan fingerprint density at radius 3 is 1.08 bits per heavy atom. The van der Waals surface area contributed by atoms with E-state index >= 15 is 9.59 Å². The van der Waals surface area contributed by atoms with Crippen molar-refractivity contribution in [2.45, 2.75) is 26.9 Å². The quantitative estimate of drug-likeness (QED) is 0.107. The van der Waals surface area contributed by atoms with Crippen molar-refractivity contribution in [2.24, 2.45) is 0 Å². The van der Waals surface area contributed by atoms with Crippen LogP contribution in [0.2, 0.25) is 0 Å². The Bertz CT molecular complexity index is 5460. The Hall–Kier alpha value is -12.2. The van der Waals surface area contributed by atoms with Crippen molar-refractivity contribution in [3.8, 4) is 22.3 Å². The second kappa shape index (κ2) is 18.2. The number of para-hydroxylation sites is 2. The number of carbonyl (C=O) groups excluding carboxylic acids is 8. The van der Waals surface area contributed by atoms with Crippen LogP contribution in [-0.4, -0.2) is 56.4 Å². The molecule has 0 radical (unpaired) electrons. The maximum absolute atomic E-state index is 15.1. The first kappa shape index (κ1) is 51.1. The molecule has 6 heterocycles. The molecule has 4 aliphatic rings. The van der Waals surface area contributed by atoms with E-state index < -0.39 is 47.3 Å². The van der Waals surface area contributed by atoms with Crippen LogP contribution in [0.25, 0.3) is 98.2 Å². The summed E-state index contributed by atoms with van der Waals surface area (Å²) in [5.74, 6) is -4.15. The molecular weight excluding hydrogens is 1120 g/mol. The van der Waals surface area contributed by atoms with Crippen LogP contribution in [-0.2, 0) is 13.1 Å². The minimum Gasteiger partial charge on any atom is -0.341 e. The van der Waals surface area contributed by atoms with E-state index in [1.807, 2.05) is 97.1 Å². The summed E-state index contributed by atoms with van der Waals surface area (Å²) in [7, 11) is 0. The first-order chi connectivity index (χ1) is 43.9. The minimum absolute atomic E-state index is 0.152. The molecular formula is C76H44N6O8. The van der Waals surface area contributed by atoms with Gasteiger partial charge in [0.2, 0.25) is 0 Å². The smallest absolute Gasteiger partial charge is 0.266 e. The Morgan fingerprint density at radius 1 is 0.267 bits per heavy atom. The van der Waals surface area contributed by atoms with Gasteiger partial charge in [-0.1, -0.05) is 109 Å². The first-order valence-electron chi connectivity index (χ1n) is 29.7. The lowest BCUT2D eigenvalue weighted by Crippen LogP contribution is -2.30. The van der Waals surface area contributed by atoms with Crippen LogP contribution >= 0.6 is 0 Å². The average Bonchev–Trinajstić information content (AvgIpc) is 1.57. The van der Waals surface area contributed by atoms with Gasteiger partial charge in [-0.25, -0.2) is 19.6 Å². The molecule has 0 N–H and O–H groups in total. The van der Waals surface area contributed by atoms with E-state index in [0.717, 1.165) is 67.5 Å². The van der Waals surface area contributed by atoms with Crippen LogP contribution < -0.4 is 19.6 Å². The third-order valence-corrected chi connectivity index (χ3v) is 19.0. The monoisotopic (exact) mass is 1170 g/mol. The lowest BCUT2D eigenvalue weighted by atomic mass is 9.92. The molecule has 14 aromatic rings. The third-order valence-electron chi connectivity index (χ3n) is 19.0. The fourth-order valence-electron chi connectivity index (χ4n) is 15.0. The molecule has 12 aromatic carbocycles. The number of aromatic nitrogens is 2. The van der Waals surface area contributed by atoms with Crippen molar-refractivity contribution in [3.63, 3.8) is 0 Å². The van der Waals surface area contributed by atoms with E-state index in [4.69, 9.17) is 0 Å². The molecule has 8 amide bonds. The molecule has 0 saturated carbocycles. The van der Waals surface area contributed by atoms with Gasteiger partial charge in [-0.15, -0.1) is 0 Å². The van der Waals surface area contributed by atoms with E-state index in [2.05, 4.69) is 35.1 Å². The van der Waals surface area contributed by atoms with Gasteiger partial charge in [-0.05, 0) is 155 Å². The number of nitrogens with zero attached hydrogens (tertiary/aromatic N) is 6.